The van der Waals surface area contributed by atoms with Crippen LogP contribution in [0.2, 0.25) is 5.02 Å². The molecule has 1 N–H and O–H groups in total. The van der Waals surface area contributed by atoms with Gasteiger partial charge in [0.15, 0.2) is 0 Å². The number of nitrogens with one attached hydrogen (secondary N) is 1. The Morgan fingerprint density at radius 1 is 1.03 bits per heavy atom. The van der Waals surface area contributed by atoms with Crippen LogP contribution in [0, 0.1) is 0 Å². The van der Waals surface area contributed by atoms with E-state index < -0.39 is 5.97 Å². The highest BCUT2D eigenvalue weighted by Gasteiger charge is 2.11. The van der Waals surface area contributed by atoms with Gasteiger partial charge < -0.3 is 19.2 Å². The summed E-state index contributed by atoms with van der Waals surface area (Å²) in [4.78, 5) is 20.4. The maximum atomic E-state index is 11.6. The summed E-state index contributed by atoms with van der Waals surface area (Å²) in [6.07, 6.45) is 4.43. The average molecular weight is 526 g/mol. The Balaban J connectivity index is 1.34. The van der Waals surface area contributed by atoms with Gasteiger partial charge in [-0.1, -0.05) is 41.9 Å². The van der Waals surface area contributed by atoms with Crippen LogP contribution in [0.1, 0.15) is 18.2 Å². The molecule has 0 aliphatic rings. The Labute approximate surface area is 224 Å². The first-order valence-corrected chi connectivity index (χ1v) is 12.4. The molecule has 5 rings (SSSR count). The van der Waals surface area contributed by atoms with Gasteiger partial charge in [-0.2, -0.15) is 0 Å². The van der Waals surface area contributed by atoms with E-state index in [2.05, 4.69) is 15.3 Å². The highest BCUT2D eigenvalue weighted by molar-refractivity contribution is 6.32. The van der Waals surface area contributed by atoms with Crippen LogP contribution in [0.3, 0.4) is 0 Å². The molecule has 7 nitrogen and oxygen atoms in total. The van der Waals surface area contributed by atoms with Crippen molar-refractivity contribution >= 4 is 46.1 Å². The molecule has 0 radical (unpaired) electrons. The number of aromatic nitrogens is 2. The topological polar surface area (TPSA) is 86.5 Å². The molecule has 2 aromatic heterocycles. The predicted octanol–water partition coefficient (Wildman–Crippen LogP) is 7.44. The second-order valence-electron chi connectivity index (χ2n) is 8.29. The number of anilines is 2. The van der Waals surface area contributed by atoms with Gasteiger partial charge in [-0.25, -0.2) is 14.8 Å². The van der Waals surface area contributed by atoms with Crippen molar-refractivity contribution in [3.05, 3.63) is 108 Å². The lowest BCUT2D eigenvalue weighted by Crippen LogP contribution is -1.98. The molecule has 8 heteroatoms. The Morgan fingerprint density at radius 2 is 1.89 bits per heavy atom. The SMILES string of the molecule is CCOC(=O)C=Cc1ccc(-c2ccc3ncnc(Nc4ccc(OCc5ccccc5)c(Cl)c4)c3c2)o1. The highest BCUT2D eigenvalue weighted by Crippen LogP contribution is 2.33. The Hall–Kier alpha value is -4.62. The van der Waals surface area contributed by atoms with Crippen molar-refractivity contribution in [1.29, 1.82) is 0 Å². The van der Waals surface area contributed by atoms with E-state index in [1.54, 1.807) is 25.1 Å². The number of ether oxygens (including phenoxy) is 2. The molecule has 0 bridgehead atoms. The van der Waals surface area contributed by atoms with E-state index in [4.69, 9.17) is 25.5 Å². The number of hydrogen-bond donors (Lipinski definition) is 1. The van der Waals surface area contributed by atoms with Crippen molar-refractivity contribution in [2.45, 2.75) is 13.5 Å². The summed E-state index contributed by atoms with van der Waals surface area (Å²) in [5, 5.41) is 4.63. The van der Waals surface area contributed by atoms with Crippen LogP contribution in [0.4, 0.5) is 11.5 Å². The maximum Gasteiger partial charge on any atom is 0.330 e. The average Bonchev–Trinajstić information content (AvgIpc) is 3.41. The zero-order valence-electron chi connectivity index (χ0n) is 20.6. The molecule has 0 fully saturated rings. The molecule has 0 unspecified atom stereocenters. The molecule has 2 heterocycles. The van der Waals surface area contributed by atoms with Gasteiger partial charge in [0.2, 0.25) is 0 Å². The molecule has 5 aromatic rings. The minimum atomic E-state index is -0.417. The van der Waals surface area contributed by atoms with E-state index in [0.717, 1.165) is 27.7 Å². The number of rotatable bonds is 9. The number of carbonyl (C=O) groups is 1. The molecule has 0 spiro atoms. The Bertz CT molecular complexity index is 1600. The summed E-state index contributed by atoms with van der Waals surface area (Å²) in [5.74, 6) is 1.99. The quantitative estimate of drug-likeness (QED) is 0.158. The number of benzene rings is 3. The number of esters is 1. The lowest BCUT2D eigenvalue weighted by molar-refractivity contribution is -0.137. The Kier molecular flexibility index (Phi) is 7.66. The van der Waals surface area contributed by atoms with E-state index in [1.165, 1.54) is 12.4 Å². The molecule has 0 aliphatic heterocycles. The van der Waals surface area contributed by atoms with E-state index in [9.17, 15) is 4.79 Å². The predicted molar refractivity (Wildman–Crippen MR) is 148 cm³/mol. The van der Waals surface area contributed by atoms with Crippen LogP contribution in [0.25, 0.3) is 28.3 Å². The second kappa shape index (κ2) is 11.6. The van der Waals surface area contributed by atoms with E-state index in [-0.39, 0.29) is 0 Å². The van der Waals surface area contributed by atoms with Gasteiger partial charge in [0.05, 0.1) is 17.1 Å². The number of hydrogen-bond acceptors (Lipinski definition) is 7. The maximum absolute atomic E-state index is 11.6. The molecule has 0 atom stereocenters. The third-order valence-electron chi connectivity index (χ3n) is 5.65. The standard InChI is InChI=1S/C30H24ClN3O4/c1-2-36-29(35)15-11-23-10-14-27(38-23)21-8-12-26-24(16-21)30(33-19-32-26)34-22-9-13-28(25(31)17-22)37-18-20-6-4-3-5-7-20/h3-17,19H,2,18H2,1H3,(H,32,33,34). The van der Waals surface area contributed by atoms with Crippen molar-refractivity contribution in [3.63, 3.8) is 0 Å². The number of carbonyl (C=O) groups excluding carboxylic acids is 1. The van der Waals surface area contributed by atoms with Gasteiger partial charge in [-0.3, -0.25) is 0 Å². The number of furan rings is 1. The van der Waals surface area contributed by atoms with Crippen molar-refractivity contribution in [2.75, 3.05) is 11.9 Å². The largest absolute Gasteiger partial charge is 0.487 e. The van der Waals surface area contributed by atoms with Gasteiger partial charge >= 0.3 is 5.97 Å². The molecular formula is C30H24ClN3O4. The summed E-state index contributed by atoms with van der Waals surface area (Å²) >= 11 is 6.51. The molecule has 0 saturated heterocycles. The van der Waals surface area contributed by atoms with Crippen molar-refractivity contribution in [1.82, 2.24) is 9.97 Å². The minimum Gasteiger partial charge on any atom is -0.487 e. The highest BCUT2D eigenvalue weighted by atomic mass is 35.5. The van der Waals surface area contributed by atoms with Crippen molar-refractivity contribution < 1.29 is 18.7 Å². The van der Waals surface area contributed by atoms with Gasteiger partial charge in [-0.05, 0) is 67.1 Å². The first-order chi connectivity index (χ1) is 18.6. The monoisotopic (exact) mass is 525 g/mol. The fourth-order valence-electron chi connectivity index (χ4n) is 3.82. The summed E-state index contributed by atoms with van der Waals surface area (Å²) in [6.45, 7) is 2.51. The molecule has 0 amide bonds. The van der Waals surface area contributed by atoms with Crippen LogP contribution < -0.4 is 10.1 Å². The fraction of sp³-hybridized carbons (Fsp3) is 0.100. The van der Waals surface area contributed by atoms with Crippen LogP contribution in [-0.4, -0.2) is 22.5 Å². The lowest BCUT2D eigenvalue weighted by Gasteiger charge is -2.12. The zero-order chi connectivity index (χ0) is 26.3. The van der Waals surface area contributed by atoms with Crippen LogP contribution in [0.15, 0.2) is 95.7 Å². The molecule has 0 aliphatic carbocycles. The normalized spacial score (nSPS) is 11.1. The summed E-state index contributed by atoms with van der Waals surface area (Å²) < 4.78 is 16.7. The van der Waals surface area contributed by atoms with Crippen molar-refractivity contribution in [2.24, 2.45) is 0 Å². The number of fused-ring (bicyclic) bond motifs is 1. The van der Waals surface area contributed by atoms with Gasteiger partial charge in [0.25, 0.3) is 0 Å². The third-order valence-corrected chi connectivity index (χ3v) is 5.94. The van der Waals surface area contributed by atoms with Crippen LogP contribution in [-0.2, 0) is 16.1 Å². The molecule has 3 aromatic carbocycles. The van der Waals surface area contributed by atoms with E-state index in [0.29, 0.717) is 41.3 Å². The minimum absolute atomic E-state index is 0.320. The van der Waals surface area contributed by atoms with E-state index in [1.807, 2.05) is 66.7 Å². The summed E-state index contributed by atoms with van der Waals surface area (Å²) in [5.41, 5.74) is 3.44. The summed E-state index contributed by atoms with van der Waals surface area (Å²) in [7, 11) is 0. The number of nitrogens with zero attached hydrogens (tertiary/aromatic N) is 2. The van der Waals surface area contributed by atoms with Crippen LogP contribution >= 0.6 is 11.6 Å². The zero-order valence-corrected chi connectivity index (χ0v) is 21.3. The van der Waals surface area contributed by atoms with Crippen molar-refractivity contribution in [3.8, 4) is 17.1 Å². The van der Waals surface area contributed by atoms with Gasteiger partial charge in [0, 0.05) is 22.7 Å². The molecular weight excluding hydrogens is 502 g/mol. The molecule has 190 valence electrons. The van der Waals surface area contributed by atoms with Gasteiger partial charge in [0.1, 0.15) is 36.0 Å². The smallest absolute Gasteiger partial charge is 0.330 e. The van der Waals surface area contributed by atoms with Crippen LogP contribution in [0.5, 0.6) is 5.75 Å². The molecule has 38 heavy (non-hydrogen) atoms. The first-order valence-electron chi connectivity index (χ1n) is 12.0. The van der Waals surface area contributed by atoms with Gasteiger partial charge in [-0.15, -0.1) is 0 Å². The number of halogens is 1. The van der Waals surface area contributed by atoms with E-state index >= 15 is 0 Å². The first kappa shape index (κ1) is 25.0. The second-order valence-corrected chi connectivity index (χ2v) is 8.69. The lowest BCUT2D eigenvalue weighted by atomic mass is 10.1. The Morgan fingerprint density at radius 3 is 2.71 bits per heavy atom. The molecule has 0 saturated carbocycles. The summed E-state index contributed by atoms with van der Waals surface area (Å²) in [6, 6.07) is 24.8. The third kappa shape index (κ3) is 6.02. The fourth-order valence-corrected chi connectivity index (χ4v) is 4.05.